The van der Waals surface area contributed by atoms with Crippen LogP contribution in [0.1, 0.15) is 21.8 Å². The molecule has 0 saturated heterocycles. The topological polar surface area (TPSA) is 80.0 Å². The van der Waals surface area contributed by atoms with Crippen LogP contribution in [0.15, 0.2) is 59.2 Å². The number of halogens is 1. The van der Waals surface area contributed by atoms with Gasteiger partial charge in [0.05, 0.1) is 12.8 Å². The van der Waals surface area contributed by atoms with E-state index in [1.54, 1.807) is 18.4 Å². The van der Waals surface area contributed by atoms with E-state index in [0.717, 1.165) is 17.7 Å². The first-order valence-electron chi connectivity index (χ1n) is 7.83. The van der Waals surface area contributed by atoms with Crippen molar-refractivity contribution in [1.29, 1.82) is 0 Å². The standard InChI is InChI=1S/C18H17ClN4O2/c19-14-5-3-13(4-6-14)9-10-20-18(24)16-7-8-17(23-22-16)21-12-15-2-1-11-25-15/h1-8,11H,9-10,12H2,(H,20,24)(H,21,23). The molecule has 0 aliphatic carbocycles. The second-order valence-corrected chi connectivity index (χ2v) is 5.81. The maximum Gasteiger partial charge on any atom is 0.271 e. The van der Waals surface area contributed by atoms with Gasteiger partial charge in [-0.1, -0.05) is 23.7 Å². The minimum absolute atomic E-state index is 0.251. The van der Waals surface area contributed by atoms with Crippen LogP contribution in [-0.2, 0) is 13.0 Å². The summed E-state index contributed by atoms with van der Waals surface area (Å²) >= 11 is 5.85. The fourth-order valence-corrected chi connectivity index (χ4v) is 2.33. The van der Waals surface area contributed by atoms with Crippen molar-refractivity contribution in [2.45, 2.75) is 13.0 Å². The van der Waals surface area contributed by atoms with Crippen LogP contribution in [0.4, 0.5) is 5.82 Å². The highest BCUT2D eigenvalue weighted by Gasteiger charge is 2.08. The predicted octanol–water partition coefficient (Wildman–Crippen LogP) is 3.31. The minimum atomic E-state index is -0.251. The summed E-state index contributed by atoms with van der Waals surface area (Å²) in [5.74, 6) is 1.12. The Morgan fingerprint density at radius 3 is 2.60 bits per heavy atom. The first-order valence-corrected chi connectivity index (χ1v) is 8.21. The average Bonchev–Trinajstić information content (AvgIpc) is 3.15. The lowest BCUT2D eigenvalue weighted by atomic mass is 10.1. The van der Waals surface area contributed by atoms with Crippen molar-refractivity contribution in [2.75, 3.05) is 11.9 Å². The van der Waals surface area contributed by atoms with Gasteiger partial charge in [-0.15, -0.1) is 10.2 Å². The molecule has 3 rings (SSSR count). The zero-order chi connectivity index (χ0) is 17.5. The van der Waals surface area contributed by atoms with Gasteiger partial charge in [0.1, 0.15) is 11.6 Å². The van der Waals surface area contributed by atoms with Gasteiger partial charge in [-0.25, -0.2) is 0 Å². The fourth-order valence-electron chi connectivity index (χ4n) is 2.20. The summed E-state index contributed by atoms with van der Waals surface area (Å²) in [6.45, 7) is 1.02. The van der Waals surface area contributed by atoms with E-state index >= 15 is 0 Å². The third kappa shape index (κ3) is 5.06. The number of hydrogen-bond donors (Lipinski definition) is 2. The van der Waals surface area contributed by atoms with Crippen molar-refractivity contribution >= 4 is 23.3 Å². The zero-order valence-electron chi connectivity index (χ0n) is 13.4. The molecule has 2 N–H and O–H groups in total. The first kappa shape index (κ1) is 17.0. The van der Waals surface area contributed by atoms with Gasteiger partial charge in [0.2, 0.25) is 0 Å². The molecule has 0 bridgehead atoms. The molecule has 0 atom stereocenters. The number of hydrogen-bond acceptors (Lipinski definition) is 5. The molecule has 25 heavy (non-hydrogen) atoms. The van der Waals surface area contributed by atoms with Gasteiger partial charge in [-0.05, 0) is 48.4 Å². The molecule has 0 fully saturated rings. The lowest BCUT2D eigenvalue weighted by molar-refractivity contribution is 0.0948. The number of furan rings is 1. The molecule has 0 aliphatic heterocycles. The van der Waals surface area contributed by atoms with Crippen LogP contribution in [-0.4, -0.2) is 22.6 Å². The minimum Gasteiger partial charge on any atom is -0.467 e. The summed E-state index contributed by atoms with van der Waals surface area (Å²) in [4.78, 5) is 12.1. The fraction of sp³-hybridized carbons (Fsp3) is 0.167. The molecular formula is C18H17ClN4O2. The SMILES string of the molecule is O=C(NCCc1ccc(Cl)cc1)c1ccc(NCc2ccco2)nn1. The molecule has 7 heteroatoms. The Hall–Kier alpha value is -2.86. The van der Waals surface area contributed by atoms with Crippen molar-refractivity contribution in [1.82, 2.24) is 15.5 Å². The van der Waals surface area contributed by atoms with Crippen LogP contribution in [0.25, 0.3) is 0 Å². The largest absolute Gasteiger partial charge is 0.467 e. The molecule has 6 nitrogen and oxygen atoms in total. The van der Waals surface area contributed by atoms with Crippen LogP contribution in [0.3, 0.4) is 0 Å². The van der Waals surface area contributed by atoms with Crippen LogP contribution < -0.4 is 10.6 Å². The van der Waals surface area contributed by atoms with Gasteiger partial charge in [0.25, 0.3) is 5.91 Å². The summed E-state index contributed by atoms with van der Waals surface area (Å²) in [7, 11) is 0. The summed E-state index contributed by atoms with van der Waals surface area (Å²) in [6, 6.07) is 14.6. The summed E-state index contributed by atoms with van der Waals surface area (Å²) in [6.07, 6.45) is 2.33. The van der Waals surface area contributed by atoms with E-state index in [0.29, 0.717) is 23.9 Å². The van der Waals surface area contributed by atoms with Crippen LogP contribution in [0.2, 0.25) is 5.02 Å². The Morgan fingerprint density at radius 2 is 1.92 bits per heavy atom. The molecule has 3 aromatic rings. The number of nitrogens with one attached hydrogen (secondary N) is 2. The normalized spacial score (nSPS) is 10.4. The van der Waals surface area contributed by atoms with Gasteiger partial charge in [0, 0.05) is 11.6 Å². The highest BCUT2D eigenvalue weighted by atomic mass is 35.5. The van der Waals surface area contributed by atoms with E-state index in [2.05, 4.69) is 20.8 Å². The van der Waals surface area contributed by atoms with Gasteiger partial charge in [0.15, 0.2) is 5.69 Å². The number of carbonyl (C=O) groups excluding carboxylic acids is 1. The number of benzene rings is 1. The second kappa shape index (κ2) is 8.30. The second-order valence-electron chi connectivity index (χ2n) is 5.37. The highest BCUT2D eigenvalue weighted by Crippen LogP contribution is 2.10. The quantitative estimate of drug-likeness (QED) is 0.679. The predicted molar refractivity (Wildman–Crippen MR) is 95.6 cm³/mol. The molecule has 128 valence electrons. The van der Waals surface area contributed by atoms with E-state index in [1.165, 1.54) is 0 Å². The molecule has 0 spiro atoms. The molecule has 1 amide bonds. The molecule has 0 saturated carbocycles. The number of anilines is 1. The van der Waals surface area contributed by atoms with Crippen molar-refractivity contribution in [2.24, 2.45) is 0 Å². The lowest BCUT2D eigenvalue weighted by Gasteiger charge is -2.06. The molecule has 2 heterocycles. The van der Waals surface area contributed by atoms with E-state index in [9.17, 15) is 4.79 Å². The number of carbonyl (C=O) groups is 1. The molecule has 2 aromatic heterocycles. The van der Waals surface area contributed by atoms with Crippen molar-refractivity contribution in [3.8, 4) is 0 Å². The summed E-state index contributed by atoms with van der Waals surface area (Å²) in [5, 5.41) is 14.5. The molecule has 1 aromatic carbocycles. The summed E-state index contributed by atoms with van der Waals surface area (Å²) < 4.78 is 5.22. The smallest absolute Gasteiger partial charge is 0.271 e. The van der Waals surface area contributed by atoms with Gasteiger partial charge < -0.3 is 15.1 Å². The van der Waals surface area contributed by atoms with Crippen molar-refractivity contribution in [3.63, 3.8) is 0 Å². The highest BCUT2D eigenvalue weighted by molar-refractivity contribution is 6.30. The number of nitrogens with zero attached hydrogens (tertiary/aromatic N) is 2. The van der Waals surface area contributed by atoms with Gasteiger partial charge in [-0.3, -0.25) is 4.79 Å². The first-order chi connectivity index (χ1) is 12.2. The van der Waals surface area contributed by atoms with Crippen molar-refractivity contribution in [3.05, 3.63) is 76.8 Å². The third-order valence-electron chi connectivity index (χ3n) is 3.53. The Morgan fingerprint density at radius 1 is 1.08 bits per heavy atom. The number of amides is 1. The monoisotopic (exact) mass is 356 g/mol. The molecule has 0 radical (unpaired) electrons. The molecule has 0 unspecified atom stereocenters. The number of rotatable bonds is 7. The zero-order valence-corrected chi connectivity index (χ0v) is 14.2. The number of aromatic nitrogens is 2. The van der Waals surface area contributed by atoms with E-state index < -0.39 is 0 Å². The van der Waals surface area contributed by atoms with Crippen LogP contribution >= 0.6 is 11.6 Å². The van der Waals surface area contributed by atoms with E-state index in [-0.39, 0.29) is 11.6 Å². The Balaban J connectivity index is 1.46. The molecular weight excluding hydrogens is 340 g/mol. The Kier molecular flexibility index (Phi) is 5.64. The molecule has 0 aliphatic rings. The lowest BCUT2D eigenvalue weighted by Crippen LogP contribution is -2.26. The maximum atomic E-state index is 12.1. The third-order valence-corrected chi connectivity index (χ3v) is 3.79. The Bertz CT molecular complexity index is 802. The Labute approximate surface area is 150 Å². The van der Waals surface area contributed by atoms with Crippen LogP contribution in [0.5, 0.6) is 0 Å². The van der Waals surface area contributed by atoms with Gasteiger partial charge >= 0.3 is 0 Å². The van der Waals surface area contributed by atoms with E-state index in [1.807, 2.05) is 36.4 Å². The summed E-state index contributed by atoms with van der Waals surface area (Å²) in [5.41, 5.74) is 1.38. The maximum absolute atomic E-state index is 12.1. The van der Waals surface area contributed by atoms with Crippen LogP contribution in [0, 0.1) is 0 Å². The van der Waals surface area contributed by atoms with E-state index in [4.69, 9.17) is 16.0 Å². The van der Waals surface area contributed by atoms with Gasteiger partial charge in [-0.2, -0.15) is 0 Å². The van der Waals surface area contributed by atoms with Crippen molar-refractivity contribution < 1.29 is 9.21 Å². The average molecular weight is 357 g/mol.